The van der Waals surface area contributed by atoms with E-state index < -0.39 is 0 Å². The highest BCUT2D eigenvalue weighted by molar-refractivity contribution is 9.10. The van der Waals surface area contributed by atoms with Crippen LogP contribution >= 0.6 is 15.9 Å². The average Bonchev–Trinajstić information content (AvgIpc) is 2.24. The first kappa shape index (κ1) is 12.0. The summed E-state index contributed by atoms with van der Waals surface area (Å²) in [5.41, 5.74) is 0.684. The van der Waals surface area contributed by atoms with Crippen molar-refractivity contribution in [2.45, 2.75) is 25.5 Å². The van der Waals surface area contributed by atoms with Crippen LogP contribution in [0.1, 0.15) is 18.4 Å². The third-order valence-electron chi connectivity index (χ3n) is 2.88. The van der Waals surface area contributed by atoms with Gasteiger partial charge in [-0.25, -0.2) is 4.39 Å². The Hall–Kier alpha value is -0.450. The van der Waals surface area contributed by atoms with Gasteiger partial charge in [0, 0.05) is 23.1 Å². The molecule has 1 aromatic carbocycles. The second-order valence-electron chi connectivity index (χ2n) is 4.27. The normalized spacial score (nSPS) is 22.3. The molecule has 1 aromatic rings. The zero-order valence-electron chi connectivity index (χ0n) is 9.00. The van der Waals surface area contributed by atoms with Crippen molar-refractivity contribution in [2.75, 3.05) is 13.1 Å². The first-order chi connectivity index (χ1) is 7.65. The lowest BCUT2D eigenvalue weighted by Gasteiger charge is -2.30. The maximum Gasteiger partial charge on any atom is 0.127 e. The minimum absolute atomic E-state index is 0.178. The summed E-state index contributed by atoms with van der Waals surface area (Å²) in [6.45, 7) is 2.15. The number of aliphatic hydroxyl groups is 1. The molecule has 88 valence electrons. The van der Waals surface area contributed by atoms with Crippen molar-refractivity contribution in [3.05, 3.63) is 34.1 Å². The van der Waals surface area contributed by atoms with E-state index in [1.807, 2.05) is 0 Å². The molecule has 1 N–H and O–H groups in total. The summed E-state index contributed by atoms with van der Waals surface area (Å²) in [5.74, 6) is -0.178. The second-order valence-corrected chi connectivity index (χ2v) is 5.18. The SMILES string of the molecule is O[C@H]1CCCN(Cc2cc(Br)ccc2F)C1. The summed E-state index contributed by atoms with van der Waals surface area (Å²) in [5, 5.41) is 9.54. The summed E-state index contributed by atoms with van der Waals surface area (Å²) in [7, 11) is 0. The first-order valence-corrected chi connectivity index (χ1v) is 6.29. The molecular weight excluding hydrogens is 273 g/mol. The van der Waals surface area contributed by atoms with Crippen LogP contribution in [0, 0.1) is 5.82 Å². The fraction of sp³-hybridized carbons (Fsp3) is 0.500. The van der Waals surface area contributed by atoms with Gasteiger partial charge in [-0.1, -0.05) is 15.9 Å². The van der Waals surface area contributed by atoms with Crippen molar-refractivity contribution in [2.24, 2.45) is 0 Å². The van der Waals surface area contributed by atoms with E-state index in [4.69, 9.17) is 0 Å². The van der Waals surface area contributed by atoms with Crippen molar-refractivity contribution in [3.8, 4) is 0 Å². The van der Waals surface area contributed by atoms with Crippen LogP contribution in [0.5, 0.6) is 0 Å². The molecule has 1 saturated heterocycles. The average molecular weight is 288 g/mol. The molecule has 4 heteroatoms. The van der Waals surface area contributed by atoms with Gasteiger partial charge in [-0.05, 0) is 37.6 Å². The zero-order chi connectivity index (χ0) is 11.5. The summed E-state index contributed by atoms with van der Waals surface area (Å²) < 4.78 is 14.4. The van der Waals surface area contributed by atoms with Gasteiger partial charge in [0.15, 0.2) is 0 Å². The quantitative estimate of drug-likeness (QED) is 0.904. The Morgan fingerprint density at radius 1 is 1.50 bits per heavy atom. The molecule has 0 radical (unpaired) electrons. The number of piperidine rings is 1. The Balaban J connectivity index is 2.05. The largest absolute Gasteiger partial charge is 0.392 e. The molecule has 2 nitrogen and oxygen atoms in total. The van der Waals surface area contributed by atoms with Crippen LogP contribution in [0.25, 0.3) is 0 Å². The van der Waals surface area contributed by atoms with E-state index in [0.717, 1.165) is 23.9 Å². The maximum atomic E-state index is 13.5. The maximum absolute atomic E-state index is 13.5. The van der Waals surface area contributed by atoms with E-state index >= 15 is 0 Å². The van der Waals surface area contributed by atoms with Crippen molar-refractivity contribution in [1.82, 2.24) is 4.90 Å². The Labute approximate surface area is 103 Å². The second kappa shape index (κ2) is 5.25. The number of benzene rings is 1. The van der Waals surface area contributed by atoms with Gasteiger partial charge in [-0.15, -0.1) is 0 Å². The minimum atomic E-state index is -0.260. The molecule has 1 fully saturated rings. The fourth-order valence-corrected chi connectivity index (χ4v) is 2.49. The molecule has 0 saturated carbocycles. The van der Waals surface area contributed by atoms with E-state index in [-0.39, 0.29) is 11.9 Å². The predicted octanol–water partition coefficient (Wildman–Crippen LogP) is 2.54. The molecule has 2 rings (SSSR count). The Morgan fingerprint density at radius 3 is 3.06 bits per heavy atom. The molecule has 16 heavy (non-hydrogen) atoms. The lowest BCUT2D eigenvalue weighted by atomic mass is 10.1. The van der Waals surface area contributed by atoms with Gasteiger partial charge in [-0.3, -0.25) is 4.90 Å². The van der Waals surface area contributed by atoms with Crippen LogP contribution in [-0.4, -0.2) is 29.2 Å². The van der Waals surface area contributed by atoms with Gasteiger partial charge >= 0.3 is 0 Å². The molecule has 1 aliphatic rings. The third kappa shape index (κ3) is 3.03. The lowest BCUT2D eigenvalue weighted by Crippen LogP contribution is -2.37. The van der Waals surface area contributed by atoms with E-state index in [9.17, 15) is 9.50 Å². The van der Waals surface area contributed by atoms with E-state index in [0.29, 0.717) is 18.7 Å². The van der Waals surface area contributed by atoms with Crippen LogP contribution in [0.3, 0.4) is 0 Å². The van der Waals surface area contributed by atoms with E-state index in [1.165, 1.54) is 6.07 Å². The van der Waals surface area contributed by atoms with Crippen LogP contribution in [-0.2, 0) is 6.54 Å². The fourth-order valence-electron chi connectivity index (χ4n) is 2.08. The molecule has 1 heterocycles. The number of hydrogen-bond acceptors (Lipinski definition) is 2. The lowest BCUT2D eigenvalue weighted by molar-refractivity contribution is 0.0662. The number of aliphatic hydroxyl groups excluding tert-OH is 1. The topological polar surface area (TPSA) is 23.5 Å². The van der Waals surface area contributed by atoms with Crippen LogP contribution in [0.2, 0.25) is 0 Å². The smallest absolute Gasteiger partial charge is 0.127 e. The number of halogens is 2. The molecule has 0 unspecified atom stereocenters. The third-order valence-corrected chi connectivity index (χ3v) is 3.38. The first-order valence-electron chi connectivity index (χ1n) is 5.49. The number of β-amino-alcohol motifs (C(OH)–C–C–N with tert-alkyl or cyclic N) is 1. The molecule has 0 spiro atoms. The minimum Gasteiger partial charge on any atom is -0.392 e. The van der Waals surface area contributed by atoms with E-state index in [1.54, 1.807) is 12.1 Å². The molecule has 0 amide bonds. The molecule has 0 aromatic heterocycles. The Kier molecular flexibility index (Phi) is 3.95. The number of rotatable bonds is 2. The van der Waals surface area contributed by atoms with Crippen molar-refractivity contribution in [3.63, 3.8) is 0 Å². The predicted molar refractivity (Wildman–Crippen MR) is 64.6 cm³/mol. The van der Waals surface area contributed by atoms with Crippen molar-refractivity contribution >= 4 is 15.9 Å². The molecule has 0 aliphatic carbocycles. The van der Waals surface area contributed by atoms with Crippen molar-refractivity contribution in [1.29, 1.82) is 0 Å². The Morgan fingerprint density at radius 2 is 2.31 bits per heavy atom. The number of nitrogens with zero attached hydrogens (tertiary/aromatic N) is 1. The Bertz CT molecular complexity index is 372. The van der Waals surface area contributed by atoms with Gasteiger partial charge < -0.3 is 5.11 Å². The monoisotopic (exact) mass is 287 g/mol. The molecular formula is C12H15BrFNO. The van der Waals surface area contributed by atoms with E-state index in [2.05, 4.69) is 20.8 Å². The van der Waals surface area contributed by atoms with Gasteiger partial charge in [0.1, 0.15) is 5.82 Å². The van der Waals surface area contributed by atoms with Gasteiger partial charge in [-0.2, -0.15) is 0 Å². The summed E-state index contributed by atoms with van der Waals surface area (Å²) in [6, 6.07) is 4.97. The highest BCUT2D eigenvalue weighted by Gasteiger charge is 2.18. The highest BCUT2D eigenvalue weighted by atomic mass is 79.9. The molecule has 1 atom stereocenters. The molecule has 0 bridgehead atoms. The summed E-state index contributed by atoms with van der Waals surface area (Å²) in [6.07, 6.45) is 1.58. The highest BCUT2D eigenvalue weighted by Crippen LogP contribution is 2.19. The number of likely N-dealkylation sites (tertiary alicyclic amines) is 1. The van der Waals surface area contributed by atoms with Gasteiger partial charge in [0.05, 0.1) is 6.10 Å². The molecule has 1 aliphatic heterocycles. The summed E-state index contributed by atoms with van der Waals surface area (Å²) >= 11 is 3.34. The van der Waals surface area contributed by atoms with Crippen LogP contribution < -0.4 is 0 Å². The zero-order valence-corrected chi connectivity index (χ0v) is 10.6. The van der Waals surface area contributed by atoms with Crippen LogP contribution in [0.15, 0.2) is 22.7 Å². The van der Waals surface area contributed by atoms with Crippen LogP contribution in [0.4, 0.5) is 4.39 Å². The summed E-state index contributed by atoms with van der Waals surface area (Å²) in [4.78, 5) is 2.10. The number of hydrogen-bond donors (Lipinski definition) is 1. The van der Waals surface area contributed by atoms with Gasteiger partial charge in [0.25, 0.3) is 0 Å². The standard InChI is InChI=1S/C12H15BrFNO/c13-10-3-4-12(14)9(6-10)7-15-5-1-2-11(16)8-15/h3-4,6,11,16H,1-2,5,7-8H2/t11-/m0/s1. The van der Waals surface area contributed by atoms with Crippen molar-refractivity contribution < 1.29 is 9.50 Å². The van der Waals surface area contributed by atoms with Gasteiger partial charge in [0.2, 0.25) is 0 Å².